The Morgan fingerprint density at radius 3 is 2.60 bits per heavy atom. The van der Waals surface area contributed by atoms with Gasteiger partial charge in [-0.2, -0.15) is 0 Å². The number of carbonyl (C=O) groups excluding carboxylic acids is 1. The molecule has 4 nitrogen and oxygen atoms in total. The molecule has 0 radical (unpaired) electrons. The molecule has 138 valence electrons. The standard InChI is InChI=1S/C18H24ClNO3S2/c19-16-8-4-3-7-15(16)17-9-10-20(11-12-25(17,22)23)18(21)13-24-14-5-1-2-6-14/h3-4,7-8,14,17H,1-2,5-6,9-13H2/t17-/m0/s1. The highest BCUT2D eigenvalue weighted by molar-refractivity contribution is 8.00. The molecule has 1 aromatic rings. The lowest BCUT2D eigenvalue weighted by atomic mass is 10.1. The Morgan fingerprint density at radius 1 is 1.16 bits per heavy atom. The fourth-order valence-corrected chi connectivity index (χ4v) is 6.99. The van der Waals surface area contributed by atoms with Crippen molar-refractivity contribution in [2.45, 2.75) is 42.6 Å². The van der Waals surface area contributed by atoms with Gasteiger partial charge in [0.05, 0.1) is 16.8 Å². The SMILES string of the molecule is O=C(CSC1CCCC1)N1CC[C@@H](c2ccccc2Cl)S(=O)(=O)CC1. The van der Waals surface area contributed by atoms with Crippen LogP contribution in [0.2, 0.25) is 5.02 Å². The molecule has 1 saturated carbocycles. The fourth-order valence-electron chi connectivity index (χ4n) is 3.61. The first-order valence-corrected chi connectivity index (χ1v) is 12.0. The Hall–Kier alpha value is -0.720. The molecule has 0 N–H and O–H groups in total. The van der Waals surface area contributed by atoms with Crippen molar-refractivity contribution in [3.05, 3.63) is 34.9 Å². The van der Waals surface area contributed by atoms with Gasteiger partial charge in [-0.3, -0.25) is 4.79 Å². The van der Waals surface area contributed by atoms with E-state index in [9.17, 15) is 13.2 Å². The Kier molecular flexibility index (Phi) is 6.34. The minimum Gasteiger partial charge on any atom is -0.341 e. The number of nitrogens with zero attached hydrogens (tertiary/aromatic N) is 1. The van der Waals surface area contributed by atoms with Crippen LogP contribution in [0.4, 0.5) is 0 Å². The number of benzene rings is 1. The summed E-state index contributed by atoms with van der Waals surface area (Å²) in [5.74, 6) is 0.524. The average Bonchev–Trinajstić information content (AvgIpc) is 3.05. The maximum atomic E-state index is 12.7. The van der Waals surface area contributed by atoms with Gasteiger partial charge in [-0.05, 0) is 30.9 Å². The van der Waals surface area contributed by atoms with Crippen LogP contribution in [-0.4, -0.2) is 49.1 Å². The number of halogens is 1. The molecule has 2 fully saturated rings. The van der Waals surface area contributed by atoms with Crippen molar-refractivity contribution in [3.63, 3.8) is 0 Å². The van der Waals surface area contributed by atoms with Crippen LogP contribution in [0.3, 0.4) is 0 Å². The van der Waals surface area contributed by atoms with E-state index in [1.807, 2.05) is 6.07 Å². The number of hydrogen-bond acceptors (Lipinski definition) is 4. The number of hydrogen-bond donors (Lipinski definition) is 0. The Balaban J connectivity index is 1.65. The quantitative estimate of drug-likeness (QED) is 0.771. The van der Waals surface area contributed by atoms with E-state index in [1.165, 1.54) is 25.7 Å². The van der Waals surface area contributed by atoms with Crippen LogP contribution in [-0.2, 0) is 14.6 Å². The largest absolute Gasteiger partial charge is 0.341 e. The van der Waals surface area contributed by atoms with E-state index in [2.05, 4.69) is 0 Å². The van der Waals surface area contributed by atoms with Gasteiger partial charge in [0.1, 0.15) is 0 Å². The third-order valence-corrected chi connectivity index (χ3v) is 8.90. The summed E-state index contributed by atoms with van der Waals surface area (Å²) in [6.07, 6.45) is 5.31. The monoisotopic (exact) mass is 401 g/mol. The lowest BCUT2D eigenvalue weighted by Gasteiger charge is -2.21. The summed E-state index contributed by atoms with van der Waals surface area (Å²) in [6.45, 7) is 0.756. The normalized spacial score (nSPS) is 24.2. The van der Waals surface area contributed by atoms with Crippen LogP contribution >= 0.6 is 23.4 Å². The smallest absolute Gasteiger partial charge is 0.232 e. The molecule has 0 aromatic heterocycles. The first kappa shape index (κ1) is 19.1. The van der Waals surface area contributed by atoms with E-state index in [-0.39, 0.29) is 18.2 Å². The maximum absolute atomic E-state index is 12.7. The number of amides is 1. The van der Waals surface area contributed by atoms with Gasteiger partial charge < -0.3 is 4.90 Å². The van der Waals surface area contributed by atoms with Crippen molar-refractivity contribution in [3.8, 4) is 0 Å². The molecule has 1 aliphatic heterocycles. The van der Waals surface area contributed by atoms with Crippen LogP contribution < -0.4 is 0 Å². The molecule has 1 saturated heterocycles. The molecule has 1 heterocycles. The predicted molar refractivity (Wildman–Crippen MR) is 104 cm³/mol. The van der Waals surface area contributed by atoms with Crippen LogP contribution in [0.15, 0.2) is 24.3 Å². The zero-order valence-corrected chi connectivity index (χ0v) is 16.6. The third kappa shape index (κ3) is 4.72. The van der Waals surface area contributed by atoms with E-state index < -0.39 is 15.1 Å². The third-order valence-electron chi connectivity index (χ3n) is 5.09. The Bertz CT molecular complexity index is 717. The maximum Gasteiger partial charge on any atom is 0.232 e. The van der Waals surface area contributed by atoms with Gasteiger partial charge in [0, 0.05) is 23.4 Å². The van der Waals surface area contributed by atoms with Gasteiger partial charge in [0.25, 0.3) is 0 Å². The first-order chi connectivity index (χ1) is 12.0. The molecule has 3 rings (SSSR count). The lowest BCUT2D eigenvalue weighted by molar-refractivity contribution is -0.128. The summed E-state index contributed by atoms with van der Waals surface area (Å²) in [7, 11) is -3.32. The molecule has 0 spiro atoms. The van der Waals surface area contributed by atoms with E-state index >= 15 is 0 Å². The van der Waals surface area contributed by atoms with Crippen molar-refractivity contribution in [2.24, 2.45) is 0 Å². The number of carbonyl (C=O) groups is 1. The first-order valence-electron chi connectivity index (χ1n) is 8.83. The molecule has 1 aliphatic carbocycles. The minimum atomic E-state index is -3.32. The van der Waals surface area contributed by atoms with Crippen molar-refractivity contribution < 1.29 is 13.2 Å². The topological polar surface area (TPSA) is 54.5 Å². The summed E-state index contributed by atoms with van der Waals surface area (Å²) < 4.78 is 25.4. The highest BCUT2D eigenvalue weighted by atomic mass is 35.5. The second-order valence-corrected chi connectivity index (χ2v) is 10.8. The van der Waals surface area contributed by atoms with E-state index in [0.717, 1.165) is 0 Å². The van der Waals surface area contributed by atoms with Crippen molar-refractivity contribution >= 4 is 39.1 Å². The molecular weight excluding hydrogens is 378 g/mol. The molecule has 7 heteroatoms. The Morgan fingerprint density at radius 2 is 1.88 bits per heavy atom. The zero-order chi connectivity index (χ0) is 17.9. The van der Waals surface area contributed by atoms with Gasteiger partial charge in [0.15, 0.2) is 9.84 Å². The summed E-state index contributed by atoms with van der Waals surface area (Å²) >= 11 is 7.94. The van der Waals surface area contributed by atoms with Crippen molar-refractivity contribution in [1.29, 1.82) is 0 Å². The van der Waals surface area contributed by atoms with Crippen LogP contribution in [0.5, 0.6) is 0 Å². The minimum absolute atomic E-state index is 0.00270. The highest BCUT2D eigenvalue weighted by Crippen LogP contribution is 2.34. The van der Waals surface area contributed by atoms with E-state index in [0.29, 0.717) is 34.6 Å². The predicted octanol–water partition coefficient (Wildman–Crippen LogP) is 3.70. The number of sulfone groups is 1. The van der Waals surface area contributed by atoms with Gasteiger partial charge in [-0.15, -0.1) is 11.8 Å². The van der Waals surface area contributed by atoms with Gasteiger partial charge in [-0.25, -0.2) is 8.42 Å². The molecule has 1 atom stereocenters. The Labute approximate surface area is 159 Å². The molecule has 1 amide bonds. The van der Waals surface area contributed by atoms with Gasteiger partial charge in [0.2, 0.25) is 5.91 Å². The molecule has 0 unspecified atom stereocenters. The van der Waals surface area contributed by atoms with E-state index in [1.54, 1.807) is 34.9 Å². The second-order valence-electron chi connectivity index (χ2n) is 6.76. The van der Waals surface area contributed by atoms with Crippen molar-refractivity contribution in [1.82, 2.24) is 4.90 Å². The molecule has 2 aliphatic rings. The van der Waals surface area contributed by atoms with Gasteiger partial charge in [-0.1, -0.05) is 42.6 Å². The summed E-state index contributed by atoms with van der Waals surface area (Å²) in [6, 6.07) is 7.10. The van der Waals surface area contributed by atoms with Crippen molar-refractivity contribution in [2.75, 3.05) is 24.6 Å². The summed E-state index contributed by atoms with van der Waals surface area (Å²) in [5, 5.41) is 0.449. The van der Waals surface area contributed by atoms with Gasteiger partial charge >= 0.3 is 0 Å². The van der Waals surface area contributed by atoms with Crippen LogP contribution in [0.25, 0.3) is 0 Å². The summed E-state index contributed by atoms with van der Waals surface area (Å²) in [5.41, 5.74) is 0.652. The van der Waals surface area contributed by atoms with Crippen LogP contribution in [0, 0.1) is 0 Å². The fraction of sp³-hybridized carbons (Fsp3) is 0.611. The molecule has 1 aromatic carbocycles. The number of rotatable bonds is 4. The number of thioether (sulfide) groups is 1. The van der Waals surface area contributed by atoms with Crippen LogP contribution in [0.1, 0.15) is 42.9 Å². The zero-order valence-electron chi connectivity index (χ0n) is 14.2. The second kappa shape index (κ2) is 8.31. The van der Waals surface area contributed by atoms with E-state index in [4.69, 9.17) is 11.6 Å². The lowest BCUT2D eigenvalue weighted by Crippen LogP contribution is -2.35. The highest BCUT2D eigenvalue weighted by Gasteiger charge is 2.33. The molecular formula is C18H24ClNO3S2. The average molecular weight is 402 g/mol. The molecule has 25 heavy (non-hydrogen) atoms. The summed E-state index contributed by atoms with van der Waals surface area (Å²) in [4.78, 5) is 14.2. The molecule has 0 bridgehead atoms.